The first-order chi connectivity index (χ1) is 11.5. The van der Waals surface area contributed by atoms with E-state index in [1.54, 1.807) is 48.5 Å². The summed E-state index contributed by atoms with van der Waals surface area (Å²) < 4.78 is 0. The number of rotatable bonds is 6. The molecule has 2 aromatic rings. The maximum Gasteiger partial charge on any atom is 0.237 e. The summed E-state index contributed by atoms with van der Waals surface area (Å²) in [6.07, 6.45) is 1.76. The van der Waals surface area contributed by atoms with Gasteiger partial charge in [-0.15, -0.1) is 6.58 Å². The lowest BCUT2D eigenvalue weighted by atomic mass is 10.0. The first-order valence-electron chi connectivity index (χ1n) is 7.23. The molecule has 0 aliphatic rings. The number of hydrogen-bond acceptors (Lipinski definition) is 2. The number of carbonyl (C=O) groups excluding carboxylic acids is 2. The van der Waals surface area contributed by atoms with Gasteiger partial charge in [-0.2, -0.15) is 0 Å². The van der Waals surface area contributed by atoms with Crippen LogP contribution in [0.5, 0.6) is 0 Å². The fourth-order valence-electron chi connectivity index (χ4n) is 2.03. The third-order valence-corrected chi connectivity index (χ3v) is 3.76. The molecule has 0 heterocycles. The third-order valence-electron chi connectivity index (χ3n) is 3.26. The molecule has 0 saturated heterocycles. The van der Waals surface area contributed by atoms with Crippen LogP contribution in [0.25, 0.3) is 0 Å². The van der Waals surface area contributed by atoms with Gasteiger partial charge in [0.15, 0.2) is 0 Å². The van der Waals surface area contributed by atoms with E-state index in [9.17, 15) is 9.59 Å². The molecule has 2 N–H and O–H groups in total. The maximum atomic E-state index is 12.4. The largest absolute Gasteiger partial charge is 0.325 e. The smallest absolute Gasteiger partial charge is 0.237 e. The summed E-state index contributed by atoms with van der Waals surface area (Å²) >= 11 is 11.6. The molecule has 124 valence electrons. The van der Waals surface area contributed by atoms with Gasteiger partial charge >= 0.3 is 0 Å². The molecular formula is C18H16Cl2N2O2. The fourth-order valence-corrected chi connectivity index (χ4v) is 2.28. The van der Waals surface area contributed by atoms with Crippen LogP contribution >= 0.6 is 23.2 Å². The number of carbonyl (C=O) groups is 2. The van der Waals surface area contributed by atoms with Gasteiger partial charge in [-0.3, -0.25) is 9.59 Å². The average molecular weight is 363 g/mol. The molecule has 2 amide bonds. The number of allylic oxidation sites excluding steroid dienone is 1. The van der Waals surface area contributed by atoms with Crippen LogP contribution in [-0.2, 0) is 9.59 Å². The molecule has 4 nitrogen and oxygen atoms in total. The van der Waals surface area contributed by atoms with E-state index in [1.807, 2.05) is 0 Å². The fraction of sp³-hybridized carbons (Fsp3) is 0.111. The average Bonchev–Trinajstić information content (AvgIpc) is 2.56. The maximum absolute atomic E-state index is 12.4. The van der Waals surface area contributed by atoms with Crippen molar-refractivity contribution in [2.75, 3.05) is 10.6 Å². The van der Waals surface area contributed by atoms with E-state index in [1.165, 1.54) is 6.08 Å². The molecule has 0 fully saturated rings. The molecule has 0 aliphatic heterocycles. The summed E-state index contributed by atoms with van der Waals surface area (Å²) in [5, 5.41) is 6.54. The van der Waals surface area contributed by atoms with Crippen molar-refractivity contribution in [2.45, 2.75) is 6.42 Å². The van der Waals surface area contributed by atoms with E-state index in [0.29, 0.717) is 21.4 Å². The van der Waals surface area contributed by atoms with E-state index in [0.717, 1.165) is 0 Å². The van der Waals surface area contributed by atoms with Gasteiger partial charge in [0, 0.05) is 21.4 Å². The van der Waals surface area contributed by atoms with Gasteiger partial charge in [0.05, 0.1) is 0 Å². The monoisotopic (exact) mass is 362 g/mol. The molecule has 0 bridgehead atoms. The highest BCUT2D eigenvalue weighted by molar-refractivity contribution is 6.31. The van der Waals surface area contributed by atoms with Gasteiger partial charge in [0.25, 0.3) is 0 Å². The molecule has 0 spiro atoms. The topological polar surface area (TPSA) is 58.2 Å². The number of halogens is 2. The zero-order valence-electron chi connectivity index (χ0n) is 12.8. The van der Waals surface area contributed by atoms with Gasteiger partial charge in [-0.1, -0.05) is 29.3 Å². The Morgan fingerprint density at radius 1 is 0.875 bits per heavy atom. The standard InChI is InChI=1S/C18H16Cl2N2O2/c1-2-3-16(17(23)21-14-8-4-12(19)5-9-14)18(24)22-15-10-6-13(20)7-11-15/h2,4-11,16H,1,3H2,(H,21,23)(H,22,24). The minimum atomic E-state index is -0.895. The van der Waals surface area contributed by atoms with Crippen LogP contribution in [0.3, 0.4) is 0 Å². The number of anilines is 2. The molecule has 2 rings (SSSR count). The van der Waals surface area contributed by atoms with Crippen LogP contribution in [0.4, 0.5) is 11.4 Å². The Morgan fingerprint density at radius 2 is 1.25 bits per heavy atom. The SMILES string of the molecule is C=CCC(C(=O)Nc1ccc(Cl)cc1)C(=O)Nc1ccc(Cl)cc1. The van der Waals surface area contributed by atoms with Crippen molar-refractivity contribution in [3.63, 3.8) is 0 Å². The zero-order valence-corrected chi connectivity index (χ0v) is 14.3. The molecule has 0 saturated carbocycles. The first-order valence-corrected chi connectivity index (χ1v) is 7.99. The molecule has 24 heavy (non-hydrogen) atoms. The quantitative estimate of drug-likeness (QED) is 0.574. The number of nitrogens with one attached hydrogen (secondary N) is 2. The summed E-state index contributed by atoms with van der Waals surface area (Å²) in [5.41, 5.74) is 1.13. The van der Waals surface area contributed by atoms with E-state index in [-0.39, 0.29) is 6.42 Å². The summed E-state index contributed by atoms with van der Waals surface area (Å²) in [6.45, 7) is 3.61. The van der Waals surface area contributed by atoms with E-state index < -0.39 is 17.7 Å². The second-order valence-electron chi connectivity index (χ2n) is 5.07. The summed E-state index contributed by atoms with van der Waals surface area (Å²) in [6, 6.07) is 13.3. The molecular weight excluding hydrogens is 347 g/mol. The predicted octanol–water partition coefficient (Wildman–Crippen LogP) is 4.76. The highest BCUT2D eigenvalue weighted by Gasteiger charge is 2.25. The van der Waals surface area contributed by atoms with Crippen LogP contribution in [0.15, 0.2) is 61.2 Å². The van der Waals surface area contributed by atoms with Crippen molar-refractivity contribution in [2.24, 2.45) is 5.92 Å². The van der Waals surface area contributed by atoms with E-state index in [4.69, 9.17) is 23.2 Å². The Labute approximate surface area is 150 Å². The molecule has 0 unspecified atom stereocenters. The third kappa shape index (κ3) is 5.11. The van der Waals surface area contributed by atoms with Crippen LogP contribution in [0.1, 0.15) is 6.42 Å². The normalized spacial score (nSPS) is 10.3. The van der Waals surface area contributed by atoms with Crippen LogP contribution in [0.2, 0.25) is 10.0 Å². The molecule has 2 aromatic carbocycles. The number of amides is 2. The van der Waals surface area contributed by atoms with Gasteiger partial charge in [0.2, 0.25) is 11.8 Å². The molecule has 6 heteroatoms. The summed E-state index contributed by atoms with van der Waals surface area (Å²) in [7, 11) is 0. The van der Waals surface area contributed by atoms with Gasteiger partial charge in [-0.25, -0.2) is 0 Å². The van der Waals surface area contributed by atoms with Gasteiger partial charge in [0.1, 0.15) is 5.92 Å². The lowest BCUT2D eigenvalue weighted by Crippen LogP contribution is -2.33. The predicted molar refractivity (Wildman–Crippen MR) is 98.5 cm³/mol. The van der Waals surface area contributed by atoms with Gasteiger partial charge < -0.3 is 10.6 Å². The van der Waals surface area contributed by atoms with Crippen molar-refractivity contribution in [3.8, 4) is 0 Å². The molecule has 0 aromatic heterocycles. The minimum absolute atomic E-state index is 0.221. The van der Waals surface area contributed by atoms with E-state index >= 15 is 0 Å². The minimum Gasteiger partial charge on any atom is -0.325 e. The second kappa shape index (κ2) is 8.52. The molecule has 0 aliphatic carbocycles. The van der Waals surface area contributed by atoms with Crippen LogP contribution in [0, 0.1) is 5.92 Å². The van der Waals surface area contributed by atoms with Crippen molar-refractivity contribution in [1.82, 2.24) is 0 Å². The zero-order chi connectivity index (χ0) is 17.5. The number of benzene rings is 2. The van der Waals surface area contributed by atoms with Crippen molar-refractivity contribution >= 4 is 46.4 Å². The Bertz CT molecular complexity index is 668. The first kappa shape index (κ1) is 18.0. The lowest BCUT2D eigenvalue weighted by molar-refractivity contribution is -0.129. The summed E-state index contributed by atoms with van der Waals surface area (Å²) in [4.78, 5) is 24.8. The highest BCUT2D eigenvalue weighted by atomic mass is 35.5. The number of hydrogen-bond donors (Lipinski definition) is 2. The van der Waals surface area contributed by atoms with Crippen molar-refractivity contribution < 1.29 is 9.59 Å². The Morgan fingerprint density at radius 3 is 1.58 bits per heavy atom. The van der Waals surface area contributed by atoms with Crippen molar-refractivity contribution in [1.29, 1.82) is 0 Å². The van der Waals surface area contributed by atoms with Gasteiger partial charge in [-0.05, 0) is 55.0 Å². The van der Waals surface area contributed by atoms with Crippen LogP contribution < -0.4 is 10.6 Å². The van der Waals surface area contributed by atoms with E-state index in [2.05, 4.69) is 17.2 Å². The molecule has 0 atom stereocenters. The Balaban J connectivity index is 2.07. The second-order valence-corrected chi connectivity index (χ2v) is 5.94. The Hall–Kier alpha value is -2.30. The highest BCUT2D eigenvalue weighted by Crippen LogP contribution is 2.18. The summed E-state index contributed by atoms with van der Waals surface area (Å²) in [5.74, 6) is -1.72. The molecule has 0 radical (unpaired) electrons. The van der Waals surface area contributed by atoms with Crippen LogP contribution in [-0.4, -0.2) is 11.8 Å². The van der Waals surface area contributed by atoms with Crippen molar-refractivity contribution in [3.05, 3.63) is 71.2 Å². The Kier molecular flexibility index (Phi) is 6.41. The lowest BCUT2D eigenvalue weighted by Gasteiger charge is -2.15.